The van der Waals surface area contributed by atoms with Gasteiger partial charge in [0.05, 0.1) is 17.6 Å². The predicted octanol–water partition coefficient (Wildman–Crippen LogP) is 3.29. The fourth-order valence-corrected chi connectivity index (χ4v) is 3.46. The van der Waals surface area contributed by atoms with Gasteiger partial charge in [0.15, 0.2) is 0 Å². The van der Waals surface area contributed by atoms with Gasteiger partial charge in [0.2, 0.25) is 0 Å². The first kappa shape index (κ1) is 16.7. The maximum absolute atomic E-state index is 12.2. The van der Waals surface area contributed by atoms with E-state index in [1.807, 2.05) is 48.5 Å². The quantitative estimate of drug-likeness (QED) is 0.660. The number of fused-ring (bicyclic) bond motifs is 1. The number of carbonyl (C=O) groups is 1. The molecule has 1 fully saturated rings. The molecule has 1 aromatic heterocycles. The Hall–Kier alpha value is -2.73. The second-order valence-corrected chi connectivity index (χ2v) is 6.88. The molecule has 1 aliphatic rings. The number of rotatable bonds is 4. The number of hydrogen-bond acceptors (Lipinski definition) is 3. The van der Waals surface area contributed by atoms with Crippen LogP contribution in [-0.4, -0.2) is 35.1 Å². The van der Waals surface area contributed by atoms with E-state index in [1.165, 1.54) is 0 Å². The van der Waals surface area contributed by atoms with Crippen LogP contribution in [0.2, 0.25) is 5.02 Å². The number of halogens is 1. The minimum absolute atomic E-state index is 0.115. The first-order valence-corrected chi connectivity index (χ1v) is 9.04. The fraction of sp³-hybridized carbons (Fsp3) is 0.263. The van der Waals surface area contributed by atoms with Crippen LogP contribution in [-0.2, 0) is 6.54 Å². The van der Waals surface area contributed by atoms with Crippen LogP contribution in [0, 0.1) is 0 Å². The molecule has 2 heterocycles. The summed E-state index contributed by atoms with van der Waals surface area (Å²) >= 11 is 6.06. The third-order valence-corrected chi connectivity index (χ3v) is 4.79. The van der Waals surface area contributed by atoms with Gasteiger partial charge in [0.25, 0.3) is 0 Å². The Morgan fingerprint density at radius 1 is 1.27 bits per heavy atom. The van der Waals surface area contributed by atoms with Crippen molar-refractivity contribution in [2.45, 2.75) is 19.0 Å². The number of para-hydroxylation sites is 2. The molecule has 1 atom stereocenters. The van der Waals surface area contributed by atoms with E-state index < -0.39 is 0 Å². The average Bonchev–Trinajstić information content (AvgIpc) is 3.26. The molecule has 0 aliphatic carbocycles. The molecular weight excluding hydrogens is 350 g/mol. The smallest absolute Gasteiger partial charge is 0.315 e. The summed E-state index contributed by atoms with van der Waals surface area (Å²) in [6.45, 7) is 2.04. The van der Waals surface area contributed by atoms with Gasteiger partial charge in [-0.3, -0.25) is 0 Å². The lowest BCUT2D eigenvalue weighted by Gasteiger charge is -2.19. The van der Waals surface area contributed by atoms with E-state index >= 15 is 0 Å². The van der Waals surface area contributed by atoms with Gasteiger partial charge >= 0.3 is 6.03 Å². The number of aromatic amines is 1. The van der Waals surface area contributed by atoms with Gasteiger partial charge in [-0.15, -0.1) is 0 Å². The van der Waals surface area contributed by atoms with Crippen LogP contribution in [0.15, 0.2) is 48.5 Å². The summed E-state index contributed by atoms with van der Waals surface area (Å²) in [7, 11) is 0. The first-order chi connectivity index (χ1) is 12.7. The Kier molecular flexibility index (Phi) is 4.67. The van der Waals surface area contributed by atoms with Gasteiger partial charge in [0.1, 0.15) is 5.82 Å². The number of nitrogens with one attached hydrogen (secondary N) is 3. The summed E-state index contributed by atoms with van der Waals surface area (Å²) in [6, 6.07) is 15.5. The molecule has 134 valence electrons. The van der Waals surface area contributed by atoms with Crippen LogP contribution in [0.25, 0.3) is 11.0 Å². The van der Waals surface area contributed by atoms with Crippen molar-refractivity contribution in [2.24, 2.45) is 0 Å². The molecular formula is C19H20ClN5O. The van der Waals surface area contributed by atoms with Crippen molar-refractivity contribution in [3.63, 3.8) is 0 Å². The lowest BCUT2D eigenvalue weighted by atomic mass is 10.3. The van der Waals surface area contributed by atoms with Crippen LogP contribution in [0.1, 0.15) is 12.2 Å². The van der Waals surface area contributed by atoms with Gasteiger partial charge in [-0.25, -0.2) is 9.78 Å². The minimum Gasteiger partial charge on any atom is -0.369 e. The minimum atomic E-state index is -0.177. The SMILES string of the molecule is O=C(NCc1nc2ccccc2[nH]1)N[C@@H]1CCN(c2cccc(Cl)c2)C1. The maximum Gasteiger partial charge on any atom is 0.315 e. The number of amides is 2. The van der Waals surface area contributed by atoms with Crippen molar-refractivity contribution in [1.82, 2.24) is 20.6 Å². The molecule has 0 saturated carbocycles. The lowest BCUT2D eigenvalue weighted by molar-refractivity contribution is 0.237. The molecule has 3 aromatic rings. The van der Waals surface area contributed by atoms with Gasteiger partial charge in [0, 0.05) is 29.8 Å². The van der Waals surface area contributed by atoms with Gasteiger partial charge in [-0.2, -0.15) is 0 Å². The zero-order valence-electron chi connectivity index (χ0n) is 14.2. The van der Waals surface area contributed by atoms with E-state index in [2.05, 4.69) is 25.5 Å². The van der Waals surface area contributed by atoms with Gasteiger partial charge in [-0.1, -0.05) is 29.8 Å². The Balaban J connectivity index is 1.28. The third-order valence-electron chi connectivity index (χ3n) is 4.55. The van der Waals surface area contributed by atoms with Crippen LogP contribution < -0.4 is 15.5 Å². The van der Waals surface area contributed by atoms with E-state index in [1.54, 1.807) is 0 Å². The Bertz CT molecular complexity index is 892. The van der Waals surface area contributed by atoms with Gasteiger partial charge in [-0.05, 0) is 36.8 Å². The molecule has 0 radical (unpaired) electrons. The Morgan fingerprint density at radius 2 is 2.15 bits per heavy atom. The molecule has 2 aromatic carbocycles. The first-order valence-electron chi connectivity index (χ1n) is 8.66. The van der Waals surface area contributed by atoms with Crippen molar-refractivity contribution >= 4 is 34.4 Å². The number of nitrogens with zero attached hydrogens (tertiary/aromatic N) is 2. The molecule has 0 unspecified atom stereocenters. The molecule has 2 amide bonds. The zero-order chi connectivity index (χ0) is 17.9. The number of benzene rings is 2. The summed E-state index contributed by atoms with van der Waals surface area (Å²) in [5.74, 6) is 0.744. The van der Waals surface area contributed by atoms with Gasteiger partial charge < -0.3 is 20.5 Å². The van der Waals surface area contributed by atoms with Crippen molar-refractivity contribution in [2.75, 3.05) is 18.0 Å². The fourth-order valence-electron chi connectivity index (χ4n) is 3.28. The highest BCUT2D eigenvalue weighted by atomic mass is 35.5. The largest absolute Gasteiger partial charge is 0.369 e. The molecule has 1 aliphatic heterocycles. The predicted molar refractivity (Wildman–Crippen MR) is 104 cm³/mol. The maximum atomic E-state index is 12.2. The van der Waals surface area contributed by atoms with E-state index in [9.17, 15) is 4.79 Å². The summed E-state index contributed by atoms with van der Waals surface area (Å²) < 4.78 is 0. The van der Waals surface area contributed by atoms with E-state index in [0.717, 1.165) is 47.1 Å². The van der Waals surface area contributed by atoms with Crippen LogP contribution >= 0.6 is 11.6 Å². The summed E-state index contributed by atoms with van der Waals surface area (Å²) in [6.07, 6.45) is 0.907. The Morgan fingerprint density at radius 3 is 3.00 bits per heavy atom. The number of carbonyl (C=O) groups excluding carboxylic acids is 1. The highest BCUT2D eigenvalue weighted by Crippen LogP contribution is 2.23. The number of hydrogen-bond donors (Lipinski definition) is 3. The summed E-state index contributed by atoms with van der Waals surface area (Å²) in [5.41, 5.74) is 2.96. The number of aromatic nitrogens is 2. The molecule has 26 heavy (non-hydrogen) atoms. The van der Waals surface area contributed by atoms with Crippen molar-refractivity contribution in [1.29, 1.82) is 0 Å². The van der Waals surface area contributed by atoms with Crippen LogP contribution in [0.3, 0.4) is 0 Å². The molecule has 0 spiro atoms. The molecule has 0 bridgehead atoms. The second kappa shape index (κ2) is 7.25. The molecule has 3 N–H and O–H groups in total. The standard InChI is InChI=1S/C19H20ClN5O/c20-13-4-3-5-15(10-13)25-9-8-14(12-25)22-19(26)21-11-18-23-16-6-1-2-7-17(16)24-18/h1-7,10,14H,8-9,11-12H2,(H,23,24)(H2,21,22,26)/t14-/m1/s1. The van der Waals surface area contributed by atoms with Crippen molar-refractivity contribution in [3.05, 3.63) is 59.4 Å². The number of imidazole rings is 1. The van der Waals surface area contributed by atoms with Crippen LogP contribution in [0.4, 0.5) is 10.5 Å². The normalized spacial score (nSPS) is 16.8. The Labute approximate surface area is 156 Å². The highest BCUT2D eigenvalue weighted by molar-refractivity contribution is 6.30. The number of urea groups is 1. The van der Waals surface area contributed by atoms with E-state index in [-0.39, 0.29) is 12.1 Å². The lowest BCUT2D eigenvalue weighted by Crippen LogP contribution is -2.43. The molecule has 7 heteroatoms. The van der Waals surface area contributed by atoms with E-state index in [0.29, 0.717) is 6.54 Å². The van der Waals surface area contributed by atoms with E-state index in [4.69, 9.17) is 11.6 Å². The zero-order valence-corrected chi connectivity index (χ0v) is 15.0. The summed E-state index contributed by atoms with van der Waals surface area (Å²) in [4.78, 5) is 22.1. The summed E-state index contributed by atoms with van der Waals surface area (Å²) in [5, 5.41) is 6.62. The van der Waals surface area contributed by atoms with Crippen LogP contribution in [0.5, 0.6) is 0 Å². The highest BCUT2D eigenvalue weighted by Gasteiger charge is 2.24. The number of anilines is 1. The van der Waals surface area contributed by atoms with Crippen molar-refractivity contribution < 1.29 is 4.79 Å². The monoisotopic (exact) mass is 369 g/mol. The van der Waals surface area contributed by atoms with Crippen molar-refractivity contribution in [3.8, 4) is 0 Å². The number of H-pyrrole nitrogens is 1. The molecule has 6 nitrogen and oxygen atoms in total. The molecule has 1 saturated heterocycles. The second-order valence-electron chi connectivity index (χ2n) is 6.44. The molecule has 4 rings (SSSR count). The topological polar surface area (TPSA) is 73.0 Å². The third kappa shape index (κ3) is 3.75. The average molecular weight is 370 g/mol.